The number of rotatable bonds is 6. The zero-order valence-corrected chi connectivity index (χ0v) is 13.1. The number of ether oxygens (including phenoxy) is 2. The maximum atomic E-state index is 12.2. The fourth-order valence-electron chi connectivity index (χ4n) is 2.96. The molecule has 1 saturated carbocycles. The van der Waals surface area contributed by atoms with Gasteiger partial charge in [-0.2, -0.15) is 0 Å². The Morgan fingerprint density at radius 1 is 1.50 bits per heavy atom. The molecule has 0 bridgehead atoms. The van der Waals surface area contributed by atoms with E-state index in [9.17, 15) is 4.79 Å². The Hall–Kier alpha value is -0.650. The first-order valence-electron chi connectivity index (χ1n) is 7.70. The van der Waals surface area contributed by atoms with Gasteiger partial charge in [-0.1, -0.05) is 6.92 Å². The minimum atomic E-state index is -0.625. The lowest BCUT2D eigenvalue weighted by atomic mass is 9.98. The second kappa shape index (κ2) is 6.41. The van der Waals surface area contributed by atoms with Crippen molar-refractivity contribution in [2.24, 2.45) is 0 Å². The van der Waals surface area contributed by atoms with Crippen molar-refractivity contribution in [3.63, 3.8) is 0 Å². The second-order valence-corrected chi connectivity index (χ2v) is 6.38. The molecular weight excluding hydrogens is 256 g/mol. The summed E-state index contributed by atoms with van der Waals surface area (Å²) >= 11 is 0. The highest BCUT2D eigenvalue weighted by Crippen LogP contribution is 2.25. The number of nitrogens with zero attached hydrogens (tertiary/aromatic N) is 1. The Balaban J connectivity index is 2.06. The predicted molar refractivity (Wildman–Crippen MR) is 77.6 cm³/mol. The number of carbonyl (C=O) groups is 1. The summed E-state index contributed by atoms with van der Waals surface area (Å²) in [5.41, 5.74) is -0.625. The van der Waals surface area contributed by atoms with Crippen LogP contribution in [-0.4, -0.2) is 61.4 Å². The lowest BCUT2D eigenvalue weighted by Crippen LogP contribution is -2.62. The quantitative estimate of drug-likeness (QED) is 0.742. The van der Waals surface area contributed by atoms with Gasteiger partial charge in [0.05, 0.1) is 19.8 Å². The molecule has 1 aliphatic carbocycles. The maximum absolute atomic E-state index is 12.2. The van der Waals surface area contributed by atoms with E-state index in [1.54, 1.807) is 0 Å². The Morgan fingerprint density at radius 3 is 2.75 bits per heavy atom. The molecule has 0 aromatic carbocycles. The lowest BCUT2D eigenvalue weighted by Gasteiger charge is -2.42. The van der Waals surface area contributed by atoms with E-state index in [4.69, 9.17) is 9.47 Å². The number of hydrogen-bond donors (Lipinski definition) is 1. The van der Waals surface area contributed by atoms with Gasteiger partial charge in [0.2, 0.25) is 0 Å². The third kappa shape index (κ3) is 3.71. The third-order valence-electron chi connectivity index (χ3n) is 4.31. The van der Waals surface area contributed by atoms with E-state index in [2.05, 4.69) is 24.1 Å². The molecule has 2 aliphatic rings. The summed E-state index contributed by atoms with van der Waals surface area (Å²) in [6, 6.07) is 0.855. The Bertz CT molecular complexity index is 346. The van der Waals surface area contributed by atoms with Crippen LogP contribution in [0.3, 0.4) is 0 Å². The fourth-order valence-corrected chi connectivity index (χ4v) is 2.96. The summed E-state index contributed by atoms with van der Waals surface area (Å²) in [5, 5.41) is 3.47. The summed E-state index contributed by atoms with van der Waals surface area (Å²) in [6.45, 7) is 8.52. The number of esters is 1. The SMILES string of the molecule is CCC1COC(C)CN1CC(C)(NC1CC1)C(=O)OC. The molecule has 2 rings (SSSR count). The molecule has 1 heterocycles. The van der Waals surface area contributed by atoms with Crippen LogP contribution in [0.2, 0.25) is 0 Å². The highest BCUT2D eigenvalue weighted by atomic mass is 16.5. The average Bonchev–Trinajstić information content (AvgIpc) is 3.21. The third-order valence-corrected chi connectivity index (χ3v) is 4.31. The van der Waals surface area contributed by atoms with Gasteiger partial charge in [0.15, 0.2) is 0 Å². The largest absolute Gasteiger partial charge is 0.468 e. The predicted octanol–water partition coefficient (Wildman–Crippen LogP) is 1.17. The van der Waals surface area contributed by atoms with E-state index in [-0.39, 0.29) is 12.1 Å². The van der Waals surface area contributed by atoms with Crippen molar-refractivity contribution in [2.75, 3.05) is 26.8 Å². The Kier molecular flexibility index (Phi) is 5.04. The molecule has 5 heteroatoms. The van der Waals surface area contributed by atoms with E-state index < -0.39 is 5.54 Å². The molecule has 2 fully saturated rings. The van der Waals surface area contributed by atoms with Crippen molar-refractivity contribution >= 4 is 5.97 Å². The van der Waals surface area contributed by atoms with Crippen molar-refractivity contribution in [1.29, 1.82) is 0 Å². The molecule has 1 N–H and O–H groups in total. The van der Waals surface area contributed by atoms with Crippen LogP contribution < -0.4 is 5.32 Å². The van der Waals surface area contributed by atoms with Gasteiger partial charge < -0.3 is 9.47 Å². The van der Waals surface area contributed by atoms with Crippen LogP contribution in [0.25, 0.3) is 0 Å². The van der Waals surface area contributed by atoms with Crippen LogP contribution in [0.5, 0.6) is 0 Å². The normalized spacial score (nSPS) is 30.8. The van der Waals surface area contributed by atoms with Gasteiger partial charge in [0.25, 0.3) is 0 Å². The van der Waals surface area contributed by atoms with E-state index in [1.807, 2.05) is 6.92 Å². The topological polar surface area (TPSA) is 50.8 Å². The fraction of sp³-hybridized carbons (Fsp3) is 0.933. The minimum absolute atomic E-state index is 0.168. The molecule has 20 heavy (non-hydrogen) atoms. The minimum Gasteiger partial charge on any atom is -0.468 e. The van der Waals surface area contributed by atoms with Gasteiger partial charge in [0, 0.05) is 25.2 Å². The van der Waals surface area contributed by atoms with Crippen LogP contribution in [0.15, 0.2) is 0 Å². The average molecular weight is 284 g/mol. The van der Waals surface area contributed by atoms with Gasteiger partial charge in [-0.05, 0) is 33.1 Å². The van der Waals surface area contributed by atoms with Gasteiger partial charge in [-0.3, -0.25) is 15.0 Å². The van der Waals surface area contributed by atoms with Crippen molar-refractivity contribution in [2.45, 2.75) is 63.8 Å². The molecule has 0 aromatic heterocycles. The molecule has 0 aromatic rings. The summed E-state index contributed by atoms with van der Waals surface area (Å²) in [5.74, 6) is -0.168. The van der Waals surface area contributed by atoms with Crippen molar-refractivity contribution in [3.05, 3.63) is 0 Å². The van der Waals surface area contributed by atoms with Crippen molar-refractivity contribution in [1.82, 2.24) is 10.2 Å². The molecule has 0 spiro atoms. The molecule has 5 nitrogen and oxygen atoms in total. The molecule has 3 unspecified atom stereocenters. The van der Waals surface area contributed by atoms with Crippen LogP contribution in [-0.2, 0) is 14.3 Å². The molecule has 3 atom stereocenters. The number of carbonyl (C=O) groups excluding carboxylic acids is 1. The standard InChI is InChI=1S/C15H28N2O3/c1-5-13-9-20-11(2)8-17(13)10-15(3,14(18)19-4)16-12-6-7-12/h11-13,16H,5-10H2,1-4H3. The van der Waals surface area contributed by atoms with Gasteiger partial charge >= 0.3 is 5.97 Å². The summed E-state index contributed by atoms with van der Waals surface area (Å²) in [4.78, 5) is 14.6. The molecule has 1 aliphatic heterocycles. The van der Waals surface area contributed by atoms with Crippen molar-refractivity contribution in [3.8, 4) is 0 Å². The zero-order valence-electron chi connectivity index (χ0n) is 13.1. The monoisotopic (exact) mass is 284 g/mol. The van der Waals surface area contributed by atoms with Gasteiger partial charge in [-0.15, -0.1) is 0 Å². The highest BCUT2D eigenvalue weighted by molar-refractivity contribution is 5.80. The van der Waals surface area contributed by atoms with Gasteiger partial charge in [0.1, 0.15) is 5.54 Å². The molecule has 0 radical (unpaired) electrons. The zero-order chi connectivity index (χ0) is 14.8. The van der Waals surface area contributed by atoms with E-state index in [0.717, 1.165) is 32.4 Å². The molecular formula is C15H28N2O3. The molecule has 116 valence electrons. The Labute approximate surface area is 122 Å². The van der Waals surface area contributed by atoms with Crippen LogP contribution in [0.4, 0.5) is 0 Å². The summed E-state index contributed by atoms with van der Waals surface area (Å²) in [7, 11) is 1.47. The van der Waals surface area contributed by atoms with Gasteiger partial charge in [-0.25, -0.2) is 0 Å². The smallest absolute Gasteiger partial charge is 0.327 e. The maximum Gasteiger partial charge on any atom is 0.327 e. The number of morpholine rings is 1. The van der Waals surface area contributed by atoms with Crippen molar-refractivity contribution < 1.29 is 14.3 Å². The first kappa shape index (κ1) is 15.7. The molecule has 1 saturated heterocycles. The first-order valence-corrected chi connectivity index (χ1v) is 7.70. The number of methoxy groups -OCH3 is 1. The Morgan fingerprint density at radius 2 is 2.20 bits per heavy atom. The highest BCUT2D eigenvalue weighted by Gasteiger charge is 2.42. The van der Waals surface area contributed by atoms with Crippen LogP contribution in [0.1, 0.15) is 40.0 Å². The number of hydrogen-bond acceptors (Lipinski definition) is 5. The summed E-state index contributed by atoms with van der Waals surface area (Å²) in [6.07, 6.45) is 3.57. The van der Waals surface area contributed by atoms with Crippen LogP contribution in [0, 0.1) is 0 Å². The van der Waals surface area contributed by atoms with E-state index in [1.165, 1.54) is 7.11 Å². The van der Waals surface area contributed by atoms with Crippen LogP contribution >= 0.6 is 0 Å². The second-order valence-electron chi connectivity index (χ2n) is 6.38. The lowest BCUT2D eigenvalue weighted by molar-refractivity contribution is -0.150. The first-order chi connectivity index (χ1) is 9.48. The van der Waals surface area contributed by atoms with E-state index in [0.29, 0.717) is 18.6 Å². The summed E-state index contributed by atoms with van der Waals surface area (Å²) < 4.78 is 10.7. The number of nitrogens with one attached hydrogen (secondary N) is 1. The van der Waals surface area contributed by atoms with E-state index >= 15 is 0 Å². The molecule has 0 amide bonds.